The number of hydrogen-bond acceptors (Lipinski definition) is 7. The van der Waals surface area contributed by atoms with Crippen molar-refractivity contribution in [3.05, 3.63) is 47.1 Å². The monoisotopic (exact) mass is 388 g/mol. The number of fused-ring (bicyclic) bond motifs is 1. The fourth-order valence-electron chi connectivity index (χ4n) is 2.64. The molecular formula is C21H24O7. The lowest BCUT2D eigenvalue weighted by atomic mass is 9.89. The molecule has 2 atom stereocenters. The number of aromatic hydroxyl groups is 2. The number of phenolic OH excluding ortho intramolecular Hbond substituents is 2. The van der Waals surface area contributed by atoms with Crippen LogP contribution in [0.3, 0.4) is 0 Å². The molecule has 0 saturated heterocycles. The van der Waals surface area contributed by atoms with Gasteiger partial charge in [0, 0.05) is 5.56 Å². The van der Waals surface area contributed by atoms with Crippen LogP contribution in [-0.2, 0) is 9.53 Å². The first kappa shape index (κ1) is 21.4. The minimum Gasteiger partial charge on any atom is -0.507 e. The molecule has 7 nitrogen and oxygen atoms in total. The zero-order valence-electron chi connectivity index (χ0n) is 16.2. The lowest BCUT2D eigenvalue weighted by Crippen LogP contribution is -2.20. The molecule has 0 spiro atoms. The van der Waals surface area contributed by atoms with Gasteiger partial charge in [-0.3, -0.25) is 14.4 Å². The molecule has 0 bridgehead atoms. The van der Waals surface area contributed by atoms with E-state index in [2.05, 4.69) is 0 Å². The van der Waals surface area contributed by atoms with Crippen LogP contribution >= 0.6 is 0 Å². The molecule has 0 saturated carbocycles. The van der Waals surface area contributed by atoms with Crippen molar-refractivity contribution in [1.82, 2.24) is 0 Å². The molecule has 7 heteroatoms. The Morgan fingerprint density at radius 3 is 2.29 bits per heavy atom. The van der Waals surface area contributed by atoms with Crippen molar-refractivity contribution >= 4 is 17.5 Å². The number of carbonyl (C=O) groups excluding carboxylic acids is 3. The first-order valence-electron chi connectivity index (χ1n) is 8.94. The first-order valence-corrected chi connectivity index (χ1v) is 8.94. The SMILES string of the molecule is CC[C@@H](C)C(=O)O[C@H](C=CC(C)(C)O)c1cc(O)c2c(c1O)C(=O)C=CC2=O. The number of carbonyl (C=O) groups is 3. The number of phenols is 2. The molecular weight excluding hydrogens is 364 g/mol. The Hall–Kier alpha value is -2.93. The van der Waals surface area contributed by atoms with Crippen LogP contribution in [-0.4, -0.2) is 38.5 Å². The molecule has 0 amide bonds. The lowest BCUT2D eigenvalue weighted by Gasteiger charge is -2.22. The van der Waals surface area contributed by atoms with Crippen molar-refractivity contribution in [1.29, 1.82) is 0 Å². The highest BCUT2D eigenvalue weighted by Gasteiger charge is 2.31. The molecule has 1 aliphatic rings. The maximum absolute atomic E-state index is 12.3. The summed E-state index contributed by atoms with van der Waals surface area (Å²) in [6.45, 7) is 6.51. The van der Waals surface area contributed by atoms with E-state index in [1.807, 2.05) is 6.92 Å². The highest BCUT2D eigenvalue weighted by atomic mass is 16.5. The molecule has 0 aromatic heterocycles. The Kier molecular flexibility index (Phi) is 6.09. The minimum absolute atomic E-state index is 0.0650. The second-order valence-electron chi connectivity index (χ2n) is 7.32. The van der Waals surface area contributed by atoms with Crippen molar-refractivity contribution in [3.63, 3.8) is 0 Å². The lowest BCUT2D eigenvalue weighted by molar-refractivity contribution is -0.151. The van der Waals surface area contributed by atoms with E-state index in [-0.39, 0.29) is 16.7 Å². The predicted molar refractivity (Wildman–Crippen MR) is 101 cm³/mol. The van der Waals surface area contributed by atoms with E-state index in [1.165, 1.54) is 26.0 Å². The number of ketones is 2. The summed E-state index contributed by atoms with van der Waals surface area (Å²) in [5.41, 5.74) is -1.94. The van der Waals surface area contributed by atoms with Crippen LogP contribution in [0.25, 0.3) is 0 Å². The number of allylic oxidation sites excluding steroid dienone is 2. The Balaban J connectivity index is 2.60. The molecule has 150 valence electrons. The van der Waals surface area contributed by atoms with E-state index in [9.17, 15) is 29.7 Å². The highest BCUT2D eigenvalue weighted by Crippen LogP contribution is 2.40. The molecule has 0 fully saturated rings. The second-order valence-corrected chi connectivity index (χ2v) is 7.32. The number of esters is 1. The molecule has 0 heterocycles. The van der Waals surface area contributed by atoms with Crippen molar-refractivity contribution in [2.75, 3.05) is 0 Å². The van der Waals surface area contributed by atoms with Gasteiger partial charge in [0.25, 0.3) is 0 Å². The smallest absolute Gasteiger partial charge is 0.309 e. The summed E-state index contributed by atoms with van der Waals surface area (Å²) in [6, 6.07) is 1.09. The topological polar surface area (TPSA) is 121 Å². The fourth-order valence-corrected chi connectivity index (χ4v) is 2.64. The van der Waals surface area contributed by atoms with Crippen LogP contribution in [0.5, 0.6) is 11.5 Å². The van der Waals surface area contributed by atoms with Gasteiger partial charge >= 0.3 is 5.97 Å². The van der Waals surface area contributed by atoms with Gasteiger partial charge in [-0.25, -0.2) is 0 Å². The van der Waals surface area contributed by atoms with Gasteiger partial charge in [0.15, 0.2) is 11.6 Å². The van der Waals surface area contributed by atoms with E-state index in [1.54, 1.807) is 6.92 Å². The van der Waals surface area contributed by atoms with E-state index >= 15 is 0 Å². The van der Waals surface area contributed by atoms with Gasteiger partial charge < -0.3 is 20.1 Å². The molecule has 28 heavy (non-hydrogen) atoms. The zero-order chi connectivity index (χ0) is 21.2. The normalized spacial score (nSPS) is 16.2. The zero-order valence-corrected chi connectivity index (χ0v) is 16.2. The van der Waals surface area contributed by atoms with Crippen molar-refractivity contribution in [3.8, 4) is 11.5 Å². The van der Waals surface area contributed by atoms with Gasteiger partial charge in [-0.15, -0.1) is 0 Å². The van der Waals surface area contributed by atoms with Gasteiger partial charge in [0.1, 0.15) is 17.6 Å². The summed E-state index contributed by atoms with van der Waals surface area (Å²) in [4.78, 5) is 36.5. The molecule has 1 aromatic rings. The highest BCUT2D eigenvalue weighted by molar-refractivity contribution is 6.24. The van der Waals surface area contributed by atoms with Gasteiger partial charge in [-0.05, 0) is 44.6 Å². The third-order valence-electron chi connectivity index (χ3n) is 4.43. The summed E-state index contributed by atoms with van der Waals surface area (Å²) in [5.74, 6) is -3.30. The molecule has 1 aromatic carbocycles. The Morgan fingerprint density at radius 1 is 1.18 bits per heavy atom. The van der Waals surface area contributed by atoms with Crippen molar-refractivity contribution in [2.24, 2.45) is 5.92 Å². The molecule has 0 unspecified atom stereocenters. The Labute approximate surface area is 163 Å². The van der Waals surface area contributed by atoms with Gasteiger partial charge in [0.05, 0.1) is 22.6 Å². The first-order chi connectivity index (χ1) is 13.0. The molecule has 0 radical (unpaired) electrons. The van der Waals surface area contributed by atoms with Crippen molar-refractivity contribution < 1.29 is 34.4 Å². The average Bonchev–Trinajstić information content (AvgIpc) is 2.61. The van der Waals surface area contributed by atoms with Crippen LogP contribution in [0, 0.1) is 5.92 Å². The van der Waals surface area contributed by atoms with E-state index < -0.39 is 46.7 Å². The molecule has 0 aliphatic heterocycles. The van der Waals surface area contributed by atoms with Crippen LogP contribution in [0.4, 0.5) is 0 Å². The third kappa shape index (κ3) is 4.48. The maximum Gasteiger partial charge on any atom is 0.309 e. The largest absolute Gasteiger partial charge is 0.507 e. The maximum atomic E-state index is 12.3. The second kappa shape index (κ2) is 7.98. The number of benzene rings is 1. The van der Waals surface area contributed by atoms with E-state index in [0.717, 1.165) is 18.2 Å². The molecule has 1 aliphatic carbocycles. The Bertz CT molecular complexity index is 872. The van der Waals surface area contributed by atoms with Gasteiger partial charge in [0.2, 0.25) is 0 Å². The van der Waals surface area contributed by atoms with Gasteiger partial charge in [-0.1, -0.05) is 19.9 Å². The molecule has 2 rings (SSSR count). The van der Waals surface area contributed by atoms with Gasteiger partial charge in [-0.2, -0.15) is 0 Å². The van der Waals surface area contributed by atoms with Crippen LogP contribution < -0.4 is 0 Å². The number of hydrogen-bond donors (Lipinski definition) is 3. The summed E-state index contributed by atoms with van der Waals surface area (Å²) in [7, 11) is 0. The summed E-state index contributed by atoms with van der Waals surface area (Å²) in [5, 5.41) is 30.9. The number of aliphatic hydroxyl groups is 1. The van der Waals surface area contributed by atoms with Crippen LogP contribution in [0.1, 0.15) is 66.5 Å². The van der Waals surface area contributed by atoms with Crippen molar-refractivity contribution in [2.45, 2.75) is 45.8 Å². The standard InChI is InChI=1S/C21H24O7/c1-5-11(2)20(26)28-16(8-9-21(3,4)27)12-10-15(24)17-13(22)6-7-14(23)18(17)19(12)25/h6-11,16,24-25,27H,5H2,1-4H3/t11-,16-/m1/s1. The molecule has 3 N–H and O–H groups in total. The summed E-state index contributed by atoms with van der Waals surface area (Å²) < 4.78 is 5.45. The predicted octanol–water partition coefficient (Wildman–Crippen LogP) is 2.99. The quantitative estimate of drug-likeness (QED) is 0.389. The van der Waals surface area contributed by atoms with E-state index in [0.29, 0.717) is 6.42 Å². The summed E-state index contributed by atoms with van der Waals surface area (Å²) in [6.07, 6.45) is 4.08. The number of ether oxygens (including phenoxy) is 1. The average molecular weight is 388 g/mol. The Morgan fingerprint density at radius 2 is 1.75 bits per heavy atom. The minimum atomic E-state index is -1.23. The summed E-state index contributed by atoms with van der Waals surface area (Å²) >= 11 is 0. The van der Waals surface area contributed by atoms with Crippen LogP contribution in [0.2, 0.25) is 0 Å². The van der Waals surface area contributed by atoms with E-state index in [4.69, 9.17) is 4.74 Å². The number of rotatable bonds is 6. The third-order valence-corrected chi connectivity index (χ3v) is 4.43. The fraction of sp³-hybridized carbons (Fsp3) is 0.381. The van der Waals surface area contributed by atoms with Crippen LogP contribution in [0.15, 0.2) is 30.4 Å².